The topological polar surface area (TPSA) is 23.6 Å². The van der Waals surface area contributed by atoms with Crippen LogP contribution in [-0.4, -0.2) is 37.0 Å². The summed E-state index contributed by atoms with van der Waals surface area (Å²) < 4.78 is 0.942. The number of para-hydroxylation sites is 1. The molecule has 3 rings (SSSR count). The maximum atomic E-state index is 12.6. The van der Waals surface area contributed by atoms with Crippen LogP contribution in [0.2, 0.25) is 0 Å². The molecule has 4 heteroatoms. The number of halogens is 1. The van der Waals surface area contributed by atoms with Gasteiger partial charge in [-0.25, -0.2) is 0 Å². The lowest BCUT2D eigenvalue weighted by atomic mass is 10.1. The van der Waals surface area contributed by atoms with E-state index in [-0.39, 0.29) is 5.91 Å². The molecule has 0 unspecified atom stereocenters. The Bertz CT molecular complexity index is 701. The van der Waals surface area contributed by atoms with Crippen LogP contribution in [0.1, 0.15) is 21.5 Å². The fraction of sp³-hybridized carbons (Fsp3) is 0.316. The third-order valence-corrected chi connectivity index (χ3v) is 4.89. The largest absolute Gasteiger partial charge is 0.368 e. The summed E-state index contributed by atoms with van der Waals surface area (Å²) in [5, 5.41) is 0. The summed E-state index contributed by atoms with van der Waals surface area (Å²) in [7, 11) is 0. The van der Waals surface area contributed by atoms with Gasteiger partial charge in [-0.3, -0.25) is 4.79 Å². The third-order valence-electron chi connectivity index (χ3n) is 4.39. The highest BCUT2D eigenvalue weighted by atomic mass is 79.9. The molecule has 2 aromatic carbocycles. The molecular weight excluding hydrogens is 352 g/mol. The number of amides is 1. The molecule has 0 aromatic heterocycles. The fourth-order valence-electron chi connectivity index (χ4n) is 3.24. The van der Waals surface area contributed by atoms with Crippen molar-refractivity contribution in [2.24, 2.45) is 0 Å². The van der Waals surface area contributed by atoms with E-state index in [9.17, 15) is 4.79 Å². The van der Waals surface area contributed by atoms with E-state index < -0.39 is 0 Å². The molecule has 2 aromatic rings. The Hall–Kier alpha value is -1.81. The Kier molecular flexibility index (Phi) is 4.71. The van der Waals surface area contributed by atoms with Gasteiger partial charge in [0.1, 0.15) is 0 Å². The Labute approximate surface area is 146 Å². The molecule has 0 atom stereocenters. The second-order valence-electron chi connectivity index (χ2n) is 6.03. The summed E-state index contributed by atoms with van der Waals surface area (Å²) in [6, 6.07) is 14.0. The molecular formula is C19H21BrN2O. The van der Waals surface area contributed by atoms with E-state index in [1.165, 1.54) is 16.8 Å². The van der Waals surface area contributed by atoms with Crippen molar-refractivity contribution in [3.63, 3.8) is 0 Å². The maximum Gasteiger partial charge on any atom is 0.254 e. The lowest BCUT2D eigenvalue weighted by Gasteiger charge is -2.37. The van der Waals surface area contributed by atoms with Crippen molar-refractivity contribution in [3.05, 3.63) is 63.6 Å². The first kappa shape index (κ1) is 16.1. The Morgan fingerprint density at radius 3 is 2.17 bits per heavy atom. The predicted molar refractivity (Wildman–Crippen MR) is 98.2 cm³/mol. The van der Waals surface area contributed by atoms with Crippen LogP contribution >= 0.6 is 15.9 Å². The monoisotopic (exact) mass is 372 g/mol. The van der Waals surface area contributed by atoms with Crippen LogP contribution in [0, 0.1) is 13.8 Å². The van der Waals surface area contributed by atoms with Crippen LogP contribution in [0.25, 0.3) is 0 Å². The summed E-state index contributed by atoms with van der Waals surface area (Å²) in [5.74, 6) is 0.118. The van der Waals surface area contributed by atoms with Crippen molar-refractivity contribution in [2.75, 3.05) is 31.1 Å². The summed E-state index contributed by atoms with van der Waals surface area (Å²) in [6.45, 7) is 7.60. The average molecular weight is 373 g/mol. The van der Waals surface area contributed by atoms with E-state index in [0.29, 0.717) is 0 Å². The van der Waals surface area contributed by atoms with Crippen LogP contribution in [-0.2, 0) is 0 Å². The van der Waals surface area contributed by atoms with Crippen LogP contribution in [0.4, 0.5) is 5.69 Å². The van der Waals surface area contributed by atoms with E-state index >= 15 is 0 Å². The van der Waals surface area contributed by atoms with Gasteiger partial charge in [-0.15, -0.1) is 0 Å². The van der Waals surface area contributed by atoms with Gasteiger partial charge in [0.2, 0.25) is 0 Å². The molecule has 23 heavy (non-hydrogen) atoms. The average Bonchev–Trinajstić information content (AvgIpc) is 2.55. The first-order chi connectivity index (χ1) is 11.1. The van der Waals surface area contributed by atoms with Gasteiger partial charge in [-0.1, -0.05) is 40.2 Å². The zero-order valence-corrected chi connectivity index (χ0v) is 15.1. The smallest absolute Gasteiger partial charge is 0.254 e. The molecule has 1 aliphatic rings. The molecule has 1 amide bonds. The standard InChI is InChI=1S/C19H21BrN2O/c1-14-5-3-6-15(2)18(14)21-9-11-22(12-10-21)19(23)16-7-4-8-17(20)13-16/h3-8,13H,9-12H2,1-2H3. The number of carbonyl (C=O) groups is 1. The zero-order chi connectivity index (χ0) is 16.4. The first-order valence-corrected chi connectivity index (χ1v) is 8.71. The van der Waals surface area contributed by atoms with Gasteiger partial charge in [0.15, 0.2) is 0 Å². The lowest BCUT2D eigenvalue weighted by molar-refractivity contribution is 0.0746. The minimum atomic E-state index is 0.118. The van der Waals surface area contributed by atoms with Crippen molar-refractivity contribution in [1.82, 2.24) is 4.90 Å². The van der Waals surface area contributed by atoms with E-state index in [1.54, 1.807) is 0 Å². The SMILES string of the molecule is Cc1cccc(C)c1N1CCN(C(=O)c2cccc(Br)c2)CC1. The molecule has 0 saturated carbocycles. The molecule has 1 heterocycles. The highest BCUT2D eigenvalue weighted by Gasteiger charge is 2.23. The van der Waals surface area contributed by atoms with Gasteiger partial charge < -0.3 is 9.80 Å². The van der Waals surface area contributed by atoms with Crippen molar-refractivity contribution >= 4 is 27.5 Å². The number of carbonyl (C=O) groups excluding carboxylic acids is 1. The summed E-state index contributed by atoms with van der Waals surface area (Å²) in [4.78, 5) is 17.0. The number of hydrogen-bond acceptors (Lipinski definition) is 2. The van der Waals surface area contributed by atoms with Gasteiger partial charge >= 0.3 is 0 Å². The van der Waals surface area contributed by atoms with Crippen LogP contribution in [0.15, 0.2) is 46.9 Å². The maximum absolute atomic E-state index is 12.6. The number of rotatable bonds is 2. The second-order valence-corrected chi connectivity index (χ2v) is 6.95. The van der Waals surface area contributed by atoms with Gasteiger partial charge in [0.05, 0.1) is 0 Å². The van der Waals surface area contributed by atoms with Gasteiger partial charge in [0.25, 0.3) is 5.91 Å². The molecule has 120 valence electrons. The van der Waals surface area contributed by atoms with Gasteiger partial charge in [-0.05, 0) is 43.2 Å². The highest BCUT2D eigenvalue weighted by Crippen LogP contribution is 2.26. The van der Waals surface area contributed by atoms with Crippen LogP contribution in [0.3, 0.4) is 0 Å². The number of nitrogens with zero attached hydrogens (tertiary/aromatic N) is 2. The van der Waals surface area contributed by atoms with Crippen molar-refractivity contribution in [2.45, 2.75) is 13.8 Å². The third kappa shape index (κ3) is 3.42. The number of piperazine rings is 1. The summed E-state index contributed by atoms with van der Waals surface area (Å²) in [6.07, 6.45) is 0. The minimum absolute atomic E-state index is 0.118. The number of benzene rings is 2. The van der Waals surface area contributed by atoms with E-state index in [4.69, 9.17) is 0 Å². The molecule has 0 spiro atoms. The molecule has 0 aliphatic carbocycles. The van der Waals surface area contributed by atoms with Crippen molar-refractivity contribution < 1.29 is 4.79 Å². The lowest BCUT2D eigenvalue weighted by Crippen LogP contribution is -2.49. The first-order valence-electron chi connectivity index (χ1n) is 7.92. The van der Waals surface area contributed by atoms with E-state index in [0.717, 1.165) is 36.2 Å². The van der Waals surface area contributed by atoms with Crippen molar-refractivity contribution in [1.29, 1.82) is 0 Å². The van der Waals surface area contributed by atoms with E-state index in [2.05, 4.69) is 52.9 Å². The van der Waals surface area contributed by atoms with Gasteiger partial charge in [0, 0.05) is 41.9 Å². The van der Waals surface area contributed by atoms with Crippen molar-refractivity contribution in [3.8, 4) is 0 Å². The molecule has 0 radical (unpaired) electrons. The highest BCUT2D eigenvalue weighted by molar-refractivity contribution is 9.10. The molecule has 0 N–H and O–H groups in total. The number of anilines is 1. The second kappa shape index (κ2) is 6.75. The molecule has 1 saturated heterocycles. The predicted octanol–water partition coefficient (Wildman–Crippen LogP) is 4.03. The molecule has 3 nitrogen and oxygen atoms in total. The quantitative estimate of drug-likeness (QED) is 0.794. The Morgan fingerprint density at radius 2 is 1.57 bits per heavy atom. The summed E-state index contributed by atoms with van der Waals surface area (Å²) >= 11 is 3.43. The van der Waals surface area contributed by atoms with Crippen LogP contribution < -0.4 is 4.90 Å². The minimum Gasteiger partial charge on any atom is -0.368 e. The number of aryl methyl sites for hydroxylation is 2. The molecule has 1 fully saturated rings. The van der Waals surface area contributed by atoms with E-state index in [1.807, 2.05) is 29.2 Å². The zero-order valence-electron chi connectivity index (χ0n) is 13.6. The molecule has 0 bridgehead atoms. The Morgan fingerprint density at radius 1 is 0.957 bits per heavy atom. The van der Waals surface area contributed by atoms with Crippen LogP contribution in [0.5, 0.6) is 0 Å². The molecule has 1 aliphatic heterocycles. The summed E-state index contributed by atoms with van der Waals surface area (Å²) in [5.41, 5.74) is 4.68. The number of hydrogen-bond donors (Lipinski definition) is 0. The fourth-order valence-corrected chi connectivity index (χ4v) is 3.64. The normalized spacial score (nSPS) is 14.9. The van der Waals surface area contributed by atoms with Gasteiger partial charge in [-0.2, -0.15) is 0 Å². The Balaban J connectivity index is 1.70.